The van der Waals surface area contributed by atoms with Crippen LogP contribution >= 0.6 is 11.3 Å². The molecule has 4 fully saturated rings. The molecule has 0 aromatic carbocycles. The summed E-state index contributed by atoms with van der Waals surface area (Å²) in [6.07, 6.45) is 11.5. The second-order valence-corrected chi connectivity index (χ2v) is 10.9. The minimum atomic E-state index is -0.159. The molecule has 0 aliphatic heterocycles. The molecule has 156 valence electrons. The zero-order valence-corrected chi connectivity index (χ0v) is 18.3. The van der Waals surface area contributed by atoms with E-state index in [-0.39, 0.29) is 17.4 Å². The molecule has 30 heavy (non-hydrogen) atoms. The predicted octanol–water partition coefficient (Wildman–Crippen LogP) is 5.19. The van der Waals surface area contributed by atoms with Gasteiger partial charge in [0, 0.05) is 28.4 Å². The molecule has 0 atom stereocenters. The van der Waals surface area contributed by atoms with Gasteiger partial charge in [-0.3, -0.25) is 10.1 Å². The number of carbonyl (C=O) groups is 1. The van der Waals surface area contributed by atoms with Crippen LogP contribution in [0.1, 0.15) is 74.5 Å². The molecule has 0 unspecified atom stereocenters. The van der Waals surface area contributed by atoms with E-state index >= 15 is 0 Å². The second kappa shape index (κ2) is 6.61. The number of hydrogen-bond acceptors (Lipinski definition) is 5. The highest BCUT2D eigenvalue weighted by Gasteiger charge is 2.52. The molecule has 4 saturated carbocycles. The van der Waals surface area contributed by atoms with Crippen molar-refractivity contribution in [1.82, 2.24) is 19.7 Å². The minimum absolute atomic E-state index is 0.159. The lowest BCUT2D eigenvalue weighted by molar-refractivity contribution is -0.00688. The highest BCUT2D eigenvalue weighted by Crippen LogP contribution is 2.60. The Bertz CT molecular complexity index is 1090. The van der Waals surface area contributed by atoms with Crippen LogP contribution in [0, 0.1) is 17.8 Å². The van der Waals surface area contributed by atoms with Crippen molar-refractivity contribution in [2.24, 2.45) is 17.8 Å². The van der Waals surface area contributed by atoms with Gasteiger partial charge in [-0.15, -0.1) is 11.3 Å². The molecule has 3 heterocycles. The van der Waals surface area contributed by atoms with Crippen molar-refractivity contribution in [2.75, 3.05) is 5.32 Å². The van der Waals surface area contributed by atoms with Gasteiger partial charge in [0.15, 0.2) is 10.8 Å². The number of pyridine rings is 1. The van der Waals surface area contributed by atoms with E-state index in [1.807, 2.05) is 10.7 Å². The smallest absolute Gasteiger partial charge is 0.259 e. The molecule has 0 spiro atoms. The Labute approximate surface area is 180 Å². The molecule has 0 saturated heterocycles. The van der Waals surface area contributed by atoms with Crippen molar-refractivity contribution in [3.8, 4) is 0 Å². The molecule has 3 aromatic rings. The summed E-state index contributed by atoms with van der Waals surface area (Å²) in [6.45, 7) is 4.14. The van der Waals surface area contributed by atoms with Crippen LogP contribution in [0.25, 0.3) is 11.0 Å². The SMILES string of the molecule is CC(C)n1ncc2cc(C(=O)Nc3nc(C45CC6CC(CC(C6)C4)C5)cs3)cnc21. The van der Waals surface area contributed by atoms with E-state index in [4.69, 9.17) is 4.98 Å². The first-order chi connectivity index (χ1) is 14.5. The van der Waals surface area contributed by atoms with E-state index in [9.17, 15) is 4.79 Å². The fourth-order valence-electron chi connectivity index (χ4n) is 6.61. The van der Waals surface area contributed by atoms with Crippen LogP contribution in [0.3, 0.4) is 0 Å². The Hall–Kier alpha value is -2.28. The van der Waals surface area contributed by atoms with Crippen molar-refractivity contribution < 1.29 is 4.79 Å². The number of thiazole rings is 1. The molecule has 1 amide bonds. The molecule has 4 aliphatic rings. The summed E-state index contributed by atoms with van der Waals surface area (Å²) in [4.78, 5) is 22.2. The molecule has 7 rings (SSSR count). The lowest BCUT2D eigenvalue weighted by Crippen LogP contribution is -2.48. The molecule has 3 aromatic heterocycles. The minimum Gasteiger partial charge on any atom is -0.298 e. The second-order valence-electron chi connectivity index (χ2n) is 10.0. The summed E-state index contributed by atoms with van der Waals surface area (Å²) in [5.41, 5.74) is 2.83. The van der Waals surface area contributed by atoms with Crippen molar-refractivity contribution in [3.63, 3.8) is 0 Å². The summed E-state index contributed by atoms with van der Waals surface area (Å²) in [5, 5.41) is 11.2. The third-order valence-corrected chi connectivity index (χ3v) is 8.25. The van der Waals surface area contributed by atoms with Gasteiger partial charge in [0.25, 0.3) is 5.91 Å². The van der Waals surface area contributed by atoms with Gasteiger partial charge in [-0.05, 0) is 76.2 Å². The van der Waals surface area contributed by atoms with Gasteiger partial charge in [-0.1, -0.05) is 0 Å². The van der Waals surface area contributed by atoms with E-state index in [1.54, 1.807) is 23.7 Å². The van der Waals surface area contributed by atoms with Crippen LogP contribution in [0.2, 0.25) is 0 Å². The number of anilines is 1. The molecule has 4 bridgehead atoms. The van der Waals surface area contributed by atoms with Crippen LogP contribution in [0.4, 0.5) is 5.13 Å². The van der Waals surface area contributed by atoms with Crippen LogP contribution < -0.4 is 5.32 Å². The summed E-state index contributed by atoms with van der Waals surface area (Å²) in [5.74, 6) is 2.51. The average molecular weight is 422 g/mol. The molecular formula is C23H27N5OS. The zero-order valence-electron chi connectivity index (χ0n) is 17.5. The number of aromatic nitrogens is 4. The number of rotatable bonds is 4. The molecule has 7 heteroatoms. The number of nitrogens with zero attached hydrogens (tertiary/aromatic N) is 4. The van der Waals surface area contributed by atoms with Gasteiger partial charge in [0.2, 0.25) is 0 Å². The van der Waals surface area contributed by atoms with E-state index < -0.39 is 0 Å². The third-order valence-electron chi connectivity index (χ3n) is 7.49. The quantitative estimate of drug-likeness (QED) is 0.629. The Balaban J connectivity index is 1.22. The standard InChI is InChI=1S/C23H27N5OS/c1-13(2)28-20-17(11-25-28)6-18(10-24-20)21(29)27-22-26-19(12-30-22)23-7-14-3-15(8-23)5-16(4-14)9-23/h6,10-16H,3-5,7-9H2,1-2H3,(H,26,27,29). The van der Waals surface area contributed by atoms with Crippen LogP contribution in [0.5, 0.6) is 0 Å². The average Bonchev–Trinajstić information content (AvgIpc) is 3.33. The summed E-state index contributed by atoms with van der Waals surface area (Å²) in [7, 11) is 0. The van der Waals surface area contributed by atoms with Crippen molar-refractivity contribution in [1.29, 1.82) is 0 Å². The first-order valence-corrected chi connectivity index (χ1v) is 12.0. The van der Waals surface area contributed by atoms with Crippen molar-refractivity contribution in [2.45, 2.75) is 63.8 Å². The number of fused-ring (bicyclic) bond motifs is 1. The van der Waals surface area contributed by atoms with Crippen molar-refractivity contribution in [3.05, 3.63) is 35.1 Å². The topological polar surface area (TPSA) is 72.7 Å². The summed E-state index contributed by atoms with van der Waals surface area (Å²) >= 11 is 1.55. The highest BCUT2D eigenvalue weighted by atomic mass is 32.1. The lowest BCUT2D eigenvalue weighted by atomic mass is 9.49. The predicted molar refractivity (Wildman–Crippen MR) is 118 cm³/mol. The lowest BCUT2D eigenvalue weighted by Gasteiger charge is -2.56. The van der Waals surface area contributed by atoms with E-state index in [1.165, 1.54) is 44.2 Å². The molecule has 0 radical (unpaired) electrons. The Morgan fingerprint density at radius 3 is 2.53 bits per heavy atom. The zero-order chi connectivity index (χ0) is 20.5. The Morgan fingerprint density at radius 2 is 1.87 bits per heavy atom. The monoisotopic (exact) mass is 421 g/mol. The maximum Gasteiger partial charge on any atom is 0.259 e. The van der Waals surface area contributed by atoms with Gasteiger partial charge in [-0.25, -0.2) is 14.6 Å². The van der Waals surface area contributed by atoms with E-state index in [2.05, 4.69) is 34.6 Å². The third kappa shape index (κ3) is 2.89. The Morgan fingerprint density at radius 1 is 1.17 bits per heavy atom. The number of nitrogens with one attached hydrogen (secondary N) is 1. The molecular weight excluding hydrogens is 394 g/mol. The van der Waals surface area contributed by atoms with E-state index in [0.717, 1.165) is 28.8 Å². The molecule has 6 nitrogen and oxygen atoms in total. The van der Waals surface area contributed by atoms with Crippen LogP contribution in [0.15, 0.2) is 23.8 Å². The first kappa shape index (κ1) is 18.5. The fraction of sp³-hybridized carbons (Fsp3) is 0.565. The van der Waals surface area contributed by atoms with Gasteiger partial charge in [0.1, 0.15) is 0 Å². The van der Waals surface area contributed by atoms with Gasteiger partial charge >= 0.3 is 0 Å². The van der Waals surface area contributed by atoms with Gasteiger partial charge < -0.3 is 0 Å². The number of hydrogen-bond donors (Lipinski definition) is 1. The number of amides is 1. The largest absolute Gasteiger partial charge is 0.298 e. The summed E-state index contributed by atoms with van der Waals surface area (Å²) in [6, 6.07) is 2.09. The fourth-order valence-corrected chi connectivity index (χ4v) is 7.44. The van der Waals surface area contributed by atoms with Crippen LogP contribution in [-0.4, -0.2) is 25.7 Å². The maximum atomic E-state index is 12.8. The van der Waals surface area contributed by atoms with Crippen molar-refractivity contribution >= 4 is 33.4 Å². The van der Waals surface area contributed by atoms with Crippen LogP contribution in [-0.2, 0) is 5.41 Å². The normalized spacial score (nSPS) is 29.8. The Kier molecular flexibility index (Phi) is 4.07. The summed E-state index contributed by atoms with van der Waals surface area (Å²) < 4.78 is 1.87. The van der Waals surface area contributed by atoms with E-state index in [0.29, 0.717) is 10.7 Å². The first-order valence-electron chi connectivity index (χ1n) is 11.1. The molecule has 4 aliphatic carbocycles. The molecule has 1 N–H and O–H groups in total. The maximum absolute atomic E-state index is 12.8. The van der Waals surface area contributed by atoms with Gasteiger partial charge in [0.05, 0.1) is 17.5 Å². The number of carbonyl (C=O) groups excluding carboxylic acids is 1. The van der Waals surface area contributed by atoms with Gasteiger partial charge in [-0.2, -0.15) is 5.10 Å². The highest BCUT2D eigenvalue weighted by molar-refractivity contribution is 7.14.